The van der Waals surface area contributed by atoms with Crippen molar-refractivity contribution in [3.8, 4) is 0 Å². The number of thioether (sulfide) groups is 1. The van der Waals surface area contributed by atoms with E-state index in [0.29, 0.717) is 5.75 Å². The first-order chi connectivity index (χ1) is 13.7. The monoisotopic (exact) mass is 410 g/mol. The van der Waals surface area contributed by atoms with Crippen molar-refractivity contribution in [1.29, 1.82) is 0 Å². The van der Waals surface area contributed by atoms with Crippen molar-refractivity contribution in [1.82, 2.24) is 15.5 Å². The Morgan fingerprint density at radius 1 is 1.18 bits per heavy atom. The van der Waals surface area contributed by atoms with Crippen LogP contribution in [0.25, 0.3) is 0 Å². The zero-order chi connectivity index (χ0) is 19.3. The van der Waals surface area contributed by atoms with Gasteiger partial charge in [0.25, 0.3) is 0 Å². The Hall–Kier alpha value is -2.38. The number of amides is 1. The number of hydrogen-bond donors (Lipinski definition) is 2. The number of aromatic nitrogens is 2. The topological polar surface area (TPSA) is 66.9 Å². The molecule has 1 amide bonds. The minimum Gasteiger partial charge on any atom is -0.349 e. The van der Waals surface area contributed by atoms with Gasteiger partial charge < -0.3 is 10.6 Å². The fraction of sp³-hybridized carbons (Fsp3) is 0.286. The Labute approximate surface area is 173 Å². The number of fused-ring (bicyclic) bond motifs is 1. The molecule has 0 aliphatic heterocycles. The number of rotatable bonds is 6. The molecule has 28 heavy (non-hydrogen) atoms. The third kappa shape index (κ3) is 4.54. The summed E-state index contributed by atoms with van der Waals surface area (Å²) in [5, 5.41) is 15.6. The lowest BCUT2D eigenvalue weighted by molar-refractivity contribution is -0.119. The zero-order valence-electron chi connectivity index (χ0n) is 15.6. The fourth-order valence-electron chi connectivity index (χ4n) is 3.41. The summed E-state index contributed by atoms with van der Waals surface area (Å²) in [7, 11) is 0. The molecule has 1 aliphatic rings. The predicted molar refractivity (Wildman–Crippen MR) is 115 cm³/mol. The van der Waals surface area contributed by atoms with Gasteiger partial charge in [-0.15, -0.1) is 10.2 Å². The SMILES string of the molecule is Cc1ccccc1Nc1nnc(SCC(=O)N[C@H]2CCCc3ccccc32)s1. The third-order valence-electron chi connectivity index (χ3n) is 4.82. The molecule has 2 aromatic carbocycles. The highest BCUT2D eigenvalue weighted by molar-refractivity contribution is 8.01. The van der Waals surface area contributed by atoms with E-state index < -0.39 is 0 Å². The molecule has 5 nitrogen and oxygen atoms in total. The molecule has 0 saturated heterocycles. The van der Waals surface area contributed by atoms with Crippen LogP contribution in [-0.2, 0) is 11.2 Å². The number of aryl methyl sites for hydroxylation is 2. The normalized spacial score (nSPS) is 15.7. The van der Waals surface area contributed by atoms with Crippen molar-refractivity contribution in [2.45, 2.75) is 36.6 Å². The van der Waals surface area contributed by atoms with Gasteiger partial charge in [0.15, 0.2) is 4.34 Å². The van der Waals surface area contributed by atoms with Gasteiger partial charge in [0.2, 0.25) is 11.0 Å². The summed E-state index contributed by atoms with van der Waals surface area (Å²) < 4.78 is 0.787. The number of carbonyl (C=O) groups excluding carboxylic acids is 1. The molecule has 1 heterocycles. The van der Waals surface area contributed by atoms with Crippen LogP contribution < -0.4 is 10.6 Å². The molecule has 3 aromatic rings. The smallest absolute Gasteiger partial charge is 0.230 e. The zero-order valence-corrected chi connectivity index (χ0v) is 17.3. The maximum absolute atomic E-state index is 12.4. The lowest BCUT2D eigenvalue weighted by atomic mass is 9.88. The van der Waals surface area contributed by atoms with Crippen molar-refractivity contribution in [3.63, 3.8) is 0 Å². The number of benzene rings is 2. The molecule has 1 aliphatic carbocycles. The minimum atomic E-state index is 0.0373. The van der Waals surface area contributed by atoms with Crippen molar-refractivity contribution in [2.24, 2.45) is 0 Å². The summed E-state index contributed by atoms with van der Waals surface area (Å²) in [6, 6.07) is 16.6. The molecule has 0 unspecified atom stereocenters. The molecule has 0 radical (unpaired) electrons. The summed E-state index contributed by atoms with van der Waals surface area (Å²) in [6.45, 7) is 2.05. The van der Waals surface area contributed by atoms with Crippen molar-refractivity contribution in [3.05, 3.63) is 65.2 Å². The molecule has 7 heteroatoms. The summed E-state index contributed by atoms with van der Waals surface area (Å²) in [5.41, 5.74) is 4.78. The van der Waals surface area contributed by atoms with Gasteiger partial charge in [-0.3, -0.25) is 4.79 Å². The number of anilines is 2. The number of hydrogen-bond acceptors (Lipinski definition) is 6. The van der Waals surface area contributed by atoms with Crippen LogP contribution >= 0.6 is 23.1 Å². The molecule has 0 fully saturated rings. The lowest BCUT2D eigenvalue weighted by Gasteiger charge is -2.26. The van der Waals surface area contributed by atoms with Crippen LogP contribution in [0.3, 0.4) is 0 Å². The van der Waals surface area contributed by atoms with Crippen LogP contribution in [0.5, 0.6) is 0 Å². The van der Waals surface area contributed by atoms with Gasteiger partial charge in [0, 0.05) is 5.69 Å². The molecule has 0 spiro atoms. The molecule has 0 bridgehead atoms. The first-order valence-electron chi connectivity index (χ1n) is 9.35. The standard InChI is InChI=1S/C21H22N4OS2/c1-14-7-2-5-11-17(14)23-20-24-25-21(28-20)27-13-19(26)22-18-12-6-9-15-8-3-4-10-16(15)18/h2-5,7-8,10-11,18H,6,9,12-13H2,1H3,(H,22,26)(H,23,24)/t18-/m0/s1. The molecule has 144 valence electrons. The van der Waals surface area contributed by atoms with Gasteiger partial charge in [-0.05, 0) is 48.9 Å². The van der Waals surface area contributed by atoms with Crippen LogP contribution in [-0.4, -0.2) is 21.9 Å². The number of nitrogens with one attached hydrogen (secondary N) is 2. The highest BCUT2D eigenvalue weighted by Crippen LogP contribution is 2.31. The van der Waals surface area contributed by atoms with Gasteiger partial charge in [0.1, 0.15) is 0 Å². The quantitative estimate of drug-likeness (QED) is 0.567. The molecule has 1 aromatic heterocycles. The van der Waals surface area contributed by atoms with Gasteiger partial charge in [-0.2, -0.15) is 0 Å². The van der Waals surface area contributed by atoms with E-state index >= 15 is 0 Å². The average molecular weight is 411 g/mol. The van der Waals surface area contributed by atoms with Crippen LogP contribution in [0, 0.1) is 6.92 Å². The summed E-state index contributed by atoms with van der Waals surface area (Å²) in [6.07, 6.45) is 3.20. The van der Waals surface area contributed by atoms with Crippen molar-refractivity contribution in [2.75, 3.05) is 11.1 Å². The molecule has 0 saturated carbocycles. The van der Waals surface area contributed by atoms with E-state index in [0.717, 1.165) is 40.0 Å². The molecule has 2 N–H and O–H groups in total. The second-order valence-electron chi connectivity index (χ2n) is 6.81. The van der Waals surface area contributed by atoms with Gasteiger partial charge in [-0.25, -0.2) is 0 Å². The second kappa shape index (κ2) is 8.75. The van der Waals surface area contributed by atoms with E-state index in [1.807, 2.05) is 37.3 Å². The molecular weight excluding hydrogens is 388 g/mol. The minimum absolute atomic E-state index is 0.0373. The highest BCUT2D eigenvalue weighted by Gasteiger charge is 2.21. The average Bonchev–Trinajstić information content (AvgIpc) is 3.16. The van der Waals surface area contributed by atoms with Crippen LogP contribution in [0.4, 0.5) is 10.8 Å². The maximum Gasteiger partial charge on any atom is 0.230 e. The second-order valence-corrected chi connectivity index (χ2v) is 9.01. The van der Waals surface area contributed by atoms with Gasteiger partial charge in [0.05, 0.1) is 11.8 Å². The lowest BCUT2D eigenvalue weighted by Crippen LogP contribution is -2.32. The Balaban J connectivity index is 1.31. The molecular formula is C21H22N4OS2. The van der Waals surface area contributed by atoms with Crippen molar-refractivity contribution >= 4 is 39.8 Å². The Morgan fingerprint density at radius 2 is 2.00 bits per heavy atom. The van der Waals surface area contributed by atoms with Crippen LogP contribution in [0.1, 0.15) is 35.6 Å². The van der Waals surface area contributed by atoms with E-state index in [1.54, 1.807) is 0 Å². The maximum atomic E-state index is 12.4. The summed E-state index contributed by atoms with van der Waals surface area (Å²) in [4.78, 5) is 12.4. The van der Waals surface area contributed by atoms with Gasteiger partial charge in [-0.1, -0.05) is 65.6 Å². The predicted octanol–water partition coefficient (Wildman–Crippen LogP) is 4.88. The van der Waals surface area contributed by atoms with Crippen molar-refractivity contribution < 1.29 is 4.79 Å². The summed E-state index contributed by atoms with van der Waals surface area (Å²) >= 11 is 2.89. The largest absolute Gasteiger partial charge is 0.349 e. The Bertz CT molecular complexity index is 972. The fourth-order valence-corrected chi connectivity index (χ4v) is 4.99. The number of para-hydroxylation sites is 1. The third-order valence-corrected chi connectivity index (χ3v) is 6.80. The van der Waals surface area contributed by atoms with E-state index in [9.17, 15) is 4.79 Å². The van der Waals surface area contributed by atoms with Crippen LogP contribution in [0.15, 0.2) is 52.9 Å². The molecule has 4 rings (SSSR count). The first kappa shape index (κ1) is 19.0. The summed E-state index contributed by atoms with van der Waals surface area (Å²) in [5.74, 6) is 0.382. The number of carbonyl (C=O) groups is 1. The first-order valence-corrected chi connectivity index (χ1v) is 11.2. The van der Waals surface area contributed by atoms with E-state index in [2.05, 4.69) is 39.0 Å². The van der Waals surface area contributed by atoms with Crippen LogP contribution in [0.2, 0.25) is 0 Å². The van der Waals surface area contributed by atoms with E-state index in [4.69, 9.17) is 0 Å². The van der Waals surface area contributed by atoms with E-state index in [-0.39, 0.29) is 11.9 Å². The Kier molecular flexibility index (Phi) is 5.92. The van der Waals surface area contributed by atoms with E-state index in [1.165, 1.54) is 34.2 Å². The van der Waals surface area contributed by atoms with Gasteiger partial charge >= 0.3 is 0 Å². The number of nitrogens with zero attached hydrogens (tertiary/aromatic N) is 2. The highest BCUT2D eigenvalue weighted by atomic mass is 32.2. The Morgan fingerprint density at radius 3 is 2.89 bits per heavy atom. The molecule has 1 atom stereocenters.